The van der Waals surface area contributed by atoms with E-state index in [9.17, 15) is 21.6 Å². The molecular weight excluding hydrogens is 391 g/mol. The monoisotopic (exact) mass is 407 g/mol. The molecule has 28 heavy (non-hydrogen) atoms. The van der Waals surface area contributed by atoms with Gasteiger partial charge in [0.05, 0.1) is 10.9 Å². The second-order valence-corrected chi connectivity index (χ2v) is 8.86. The molecule has 0 aliphatic carbocycles. The van der Waals surface area contributed by atoms with E-state index in [-0.39, 0.29) is 16.9 Å². The van der Waals surface area contributed by atoms with Crippen LogP contribution in [0.15, 0.2) is 47.4 Å². The highest BCUT2D eigenvalue weighted by atomic mass is 32.2. The van der Waals surface area contributed by atoms with Gasteiger partial charge in [0, 0.05) is 28.7 Å². The number of hydrogen-bond acceptors (Lipinski definition) is 4. The predicted octanol–water partition coefficient (Wildman–Crippen LogP) is 3.66. The van der Waals surface area contributed by atoms with Gasteiger partial charge in [0.25, 0.3) is 0 Å². The highest BCUT2D eigenvalue weighted by Crippen LogP contribution is 2.42. The summed E-state index contributed by atoms with van der Waals surface area (Å²) in [5, 5.41) is 0.990. The lowest BCUT2D eigenvalue weighted by molar-refractivity contribution is 0.151. The van der Waals surface area contributed by atoms with Crippen LogP contribution in [-0.4, -0.2) is 20.7 Å². The zero-order chi connectivity index (χ0) is 20.2. The smallest absolute Gasteiger partial charge is 0.176 e. The van der Waals surface area contributed by atoms with Crippen molar-refractivity contribution < 1.29 is 26.3 Å². The van der Waals surface area contributed by atoms with Crippen LogP contribution in [0.3, 0.4) is 0 Å². The highest BCUT2D eigenvalue weighted by Gasteiger charge is 2.33. The molecule has 8 heteroatoms. The number of sulfone groups is 1. The van der Waals surface area contributed by atoms with Crippen LogP contribution in [0.5, 0.6) is 5.75 Å². The molecule has 1 aliphatic rings. The summed E-state index contributed by atoms with van der Waals surface area (Å²) in [7, 11) is -3.51. The average molecular weight is 407 g/mol. The summed E-state index contributed by atoms with van der Waals surface area (Å²) in [6, 6.07) is 8.69. The first-order valence-corrected chi connectivity index (χ1v) is 10.4. The third-order valence-electron chi connectivity index (χ3n) is 4.87. The normalized spacial score (nSPS) is 19.3. The van der Waals surface area contributed by atoms with Gasteiger partial charge in [-0.05, 0) is 24.1 Å². The lowest BCUT2D eigenvalue weighted by Gasteiger charge is -2.33. The maximum atomic E-state index is 14.3. The Labute approximate surface area is 159 Å². The van der Waals surface area contributed by atoms with Crippen LogP contribution in [0.1, 0.15) is 17.2 Å². The van der Waals surface area contributed by atoms with E-state index in [0.29, 0.717) is 28.2 Å². The number of rotatable bonds is 2. The van der Waals surface area contributed by atoms with Gasteiger partial charge in [-0.15, -0.1) is 0 Å². The Morgan fingerprint density at radius 3 is 2.32 bits per heavy atom. The molecule has 1 aliphatic heterocycles. The Morgan fingerprint density at radius 2 is 1.64 bits per heavy atom. The Morgan fingerprint density at radius 1 is 1.00 bits per heavy atom. The third-order valence-corrected chi connectivity index (χ3v) is 6.01. The second-order valence-electron chi connectivity index (χ2n) is 6.87. The van der Waals surface area contributed by atoms with Gasteiger partial charge in [0.1, 0.15) is 17.7 Å². The standard InChI is InChI=1S/C20H16F3NO3S/c1-28(25,26)18-7-10-6-17(24)20(13-8-15(22)16(23)9-14(13)21)27-19(10)12-5-3-2-4-11(12)18/h2-5,7-9,17,20H,6,24H2,1H3. The molecule has 3 aromatic rings. The largest absolute Gasteiger partial charge is 0.483 e. The van der Waals surface area contributed by atoms with Gasteiger partial charge in [-0.2, -0.15) is 0 Å². The van der Waals surface area contributed by atoms with Gasteiger partial charge in [0.15, 0.2) is 21.5 Å². The Balaban J connectivity index is 1.91. The Bertz CT molecular complexity index is 1210. The maximum absolute atomic E-state index is 14.3. The van der Waals surface area contributed by atoms with Crippen molar-refractivity contribution in [1.82, 2.24) is 0 Å². The van der Waals surface area contributed by atoms with Crippen molar-refractivity contribution in [3.8, 4) is 5.75 Å². The van der Waals surface area contributed by atoms with E-state index >= 15 is 0 Å². The molecule has 0 saturated heterocycles. The fraction of sp³-hybridized carbons (Fsp3) is 0.200. The van der Waals surface area contributed by atoms with Crippen LogP contribution in [0, 0.1) is 17.5 Å². The molecule has 0 bridgehead atoms. The minimum absolute atomic E-state index is 0.148. The molecule has 0 radical (unpaired) electrons. The summed E-state index contributed by atoms with van der Waals surface area (Å²) in [5.74, 6) is -3.09. The lowest BCUT2D eigenvalue weighted by Crippen LogP contribution is -2.38. The zero-order valence-corrected chi connectivity index (χ0v) is 15.6. The lowest BCUT2D eigenvalue weighted by atomic mass is 9.91. The molecule has 0 fully saturated rings. The summed E-state index contributed by atoms with van der Waals surface area (Å²) in [6.07, 6.45) is 0.255. The van der Waals surface area contributed by atoms with Gasteiger partial charge < -0.3 is 10.5 Å². The van der Waals surface area contributed by atoms with E-state index in [1.165, 1.54) is 6.07 Å². The third kappa shape index (κ3) is 3.02. The van der Waals surface area contributed by atoms with Crippen LogP contribution < -0.4 is 10.5 Å². The zero-order valence-electron chi connectivity index (χ0n) is 14.7. The van der Waals surface area contributed by atoms with Gasteiger partial charge in [-0.3, -0.25) is 0 Å². The first-order valence-electron chi connectivity index (χ1n) is 8.48. The number of benzene rings is 3. The minimum Gasteiger partial charge on any atom is -0.483 e. The molecular formula is C20H16F3NO3S. The molecule has 4 nitrogen and oxygen atoms in total. The van der Waals surface area contributed by atoms with E-state index in [1.54, 1.807) is 24.3 Å². The fourth-order valence-electron chi connectivity index (χ4n) is 3.59. The number of ether oxygens (including phenoxy) is 1. The Kier molecular flexibility index (Phi) is 4.35. The molecule has 2 atom stereocenters. The molecule has 0 amide bonds. The number of fused-ring (bicyclic) bond motifs is 3. The molecule has 0 spiro atoms. The Hall–Kier alpha value is -2.58. The number of hydrogen-bond donors (Lipinski definition) is 1. The summed E-state index contributed by atoms with van der Waals surface area (Å²) >= 11 is 0. The van der Waals surface area contributed by atoms with Crippen LogP contribution in [0.4, 0.5) is 13.2 Å². The minimum atomic E-state index is -3.51. The molecule has 0 saturated carbocycles. The molecule has 2 unspecified atom stereocenters. The van der Waals surface area contributed by atoms with Crippen LogP contribution in [-0.2, 0) is 16.3 Å². The molecule has 1 heterocycles. The summed E-state index contributed by atoms with van der Waals surface area (Å²) < 4.78 is 71.6. The van der Waals surface area contributed by atoms with Gasteiger partial charge >= 0.3 is 0 Å². The summed E-state index contributed by atoms with van der Waals surface area (Å²) in [5.41, 5.74) is 6.50. The second kappa shape index (κ2) is 6.49. The highest BCUT2D eigenvalue weighted by molar-refractivity contribution is 7.91. The van der Waals surface area contributed by atoms with Gasteiger partial charge in [-0.25, -0.2) is 21.6 Å². The van der Waals surface area contributed by atoms with Crippen LogP contribution >= 0.6 is 0 Å². The molecule has 2 N–H and O–H groups in total. The van der Waals surface area contributed by atoms with Crippen molar-refractivity contribution in [3.63, 3.8) is 0 Å². The average Bonchev–Trinajstić information content (AvgIpc) is 2.63. The van der Waals surface area contributed by atoms with Crippen LogP contribution in [0.25, 0.3) is 10.8 Å². The van der Waals surface area contributed by atoms with Crippen molar-refractivity contribution in [2.24, 2.45) is 5.73 Å². The van der Waals surface area contributed by atoms with Crippen molar-refractivity contribution in [2.75, 3.05) is 6.26 Å². The quantitative estimate of drug-likeness (QED) is 0.659. The first-order chi connectivity index (χ1) is 13.2. The van der Waals surface area contributed by atoms with Gasteiger partial charge in [0.2, 0.25) is 0 Å². The van der Waals surface area contributed by atoms with Crippen molar-refractivity contribution in [1.29, 1.82) is 0 Å². The molecule has 0 aromatic heterocycles. The summed E-state index contributed by atoms with van der Waals surface area (Å²) in [6.45, 7) is 0. The maximum Gasteiger partial charge on any atom is 0.176 e. The van der Waals surface area contributed by atoms with Crippen molar-refractivity contribution in [3.05, 3.63) is 71.0 Å². The summed E-state index contributed by atoms with van der Waals surface area (Å²) in [4.78, 5) is 0.148. The van der Waals surface area contributed by atoms with E-state index in [4.69, 9.17) is 10.5 Å². The SMILES string of the molecule is CS(=O)(=O)c1cc2c(c3ccccc13)OC(c1cc(F)c(F)cc1F)C(N)C2. The molecule has 3 aromatic carbocycles. The van der Waals surface area contributed by atoms with Crippen LogP contribution in [0.2, 0.25) is 0 Å². The number of halogens is 3. The van der Waals surface area contributed by atoms with E-state index < -0.39 is 39.4 Å². The molecule has 4 rings (SSSR count). The van der Waals surface area contributed by atoms with E-state index in [2.05, 4.69) is 0 Å². The van der Waals surface area contributed by atoms with Gasteiger partial charge in [-0.1, -0.05) is 24.3 Å². The van der Waals surface area contributed by atoms with Crippen molar-refractivity contribution in [2.45, 2.75) is 23.5 Å². The predicted molar refractivity (Wildman–Crippen MR) is 98.4 cm³/mol. The van der Waals surface area contributed by atoms with E-state index in [0.717, 1.165) is 12.3 Å². The molecule has 146 valence electrons. The van der Waals surface area contributed by atoms with Crippen molar-refractivity contribution >= 4 is 20.6 Å². The topological polar surface area (TPSA) is 69.4 Å². The first kappa shape index (κ1) is 18.8. The fourth-order valence-corrected chi connectivity index (χ4v) is 4.53. The number of nitrogens with two attached hydrogens (primary N) is 1. The van der Waals surface area contributed by atoms with E-state index in [1.807, 2.05) is 0 Å².